The second kappa shape index (κ2) is 7.24. The molecule has 0 radical (unpaired) electrons. The van der Waals surface area contributed by atoms with Crippen molar-refractivity contribution in [2.75, 3.05) is 4.90 Å². The Labute approximate surface area is 183 Å². The standard InChI is InChI=1S/C19H15BrN2O9/c1-8(23)29-18(30-9(2)24)19-6-5-13(31-19)14-15(19)17(26)21(16(14)25)12-4-3-10(22(27)28)7-11(12)20/h3-7,13-15,18H,1-2H3/t13-,14+,15+,19+/m1/s1. The van der Waals surface area contributed by atoms with E-state index in [9.17, 15) is 29.3 Å². The molecule has 0 unspecified atom stereocenters. The number of imide groups is 1. The van der Waals surface area contributed by atoms with Crippen molar-refractivity contribution in [2.24, 2.45) is 11.8 Å². The molecule has 3 heterocycles. The third-order valence-corrected chi connectivity index (χ3v) is 6.01. The summed E-state index contributed by atoms with van der Waals surface area (Å²) in [5.74, 6) is -4.84. The van der Waals surface area contributed by atoms with E-state index in [2.05, 4.69) is 15.9 Å². The quantitative estimate of drug-likeness (QED) is 0.149. The van der Waals surface area contributed by atoms with E-state index in [1.165, 1.54) is 24.3 Å². The molecular weight excluding hydrogens is 480 g/mol. The van der Waals surface area contributed by atoms with Gasteiger partial charge in [-0.25, -0.2) is 4.90 Å². The second-order valence-electron chi connectivity index (χ2n) is 7.25. The van der Waals surface area contributed by atoms with E-state index in [4.69, 9.17) is 14.2 Å². The largest absolute Gasteiger partial charge is 0.422 e. The molecule has 3 aliphatic heterocycles. The van der Waals surface area contributed by atoms with Crippen LogP contribution in [0.1, 0.15) is 13.8 Å². The van der Waals surface area contributed by atoms with Crippen molar-refractivity contribution in [1.29, 1.82) is 0 Å². The molecule has 0 aromatic heterocycles. The third-order valence-electron chi connectivity index (χ3n) is 5.38. The summed E-state index contributed by atoms with van der Waals surface area (Å²) in [6.07, 6.45) is 0.656. The minimum Gasteiger partial charge on any atom is -0.422 e. The molecule has 31 heavy (non-hydrogen) atoms. The molecule has 3 aliphatic rings. The molecule has 2 fully saturated rings. The molecule has 4 rings (SSSR count). The number of anilines is 1. The molecule has 162 valence electrons. The fourth-order valence-corrected chi connectivity index (χ4v) is 4.79. The molecule has 0 aliphatic carbocycles. The predicted octanol–water partition coefficient (Wildman–Crippen LogP) is 1.62. The summed E-state index contributed by atoms with van der Waals surface area (Å²) in [6, 6.07) is 3.65. The summed E-state index contributed by atoms with van der Waals surface area (Å²) >= 11 is 3.18. The summed E-state index contributed by atoms with van der Waals surface area (Å²) < 4.78 is 16.3. The molecular formula is C19H15BrN2O9. The Morgan fingerprint density at radius 2 is 1.87 bits per heavy atom. The van der Waals surface area contributed by atoms with Gasteiger partial charge >= 0.3 is 11.9 Å². The van der Waals surface area contributed by atoms with Crippen molar-refractivity contribution in [2.45, 2.75) is 31.8 Å². The topological polar surface area (TPSA) is 142 Å². The lowest BCUT2D eigenvalue weighted by atomic mass is 9.76. The Bertz CT molecular complexity index is 1050. The van der Waals surface area contributed by atoms with Gasteiger partial charge in [-0.3, -0.25) is 29.3 Å². The highest BCUT2D eigenvalue weighted by molar-refractivity contribution is 9.10. The third kappa shape index (κ3) is 3.13. The summed E-state index contributed by atoms with van der Waals surface area (Å²) in [5.41, 5.74) is -1.76. The zero-order valence-electron chi connectivity index (χ0n) is 16.1. The number of hydrogen-bond donors (Lipinski definition) is 0. The van der Waals surface area contributed by atoms with Crippen molar-refractivity contribution in [3.05, 3.63) is 44.9 Å². The van der Waals surface area contributed by atoms with Crippen LogP contribution >= 0.6 is 15.9 Å². The number of carbonyl (C=O) groups excluding carboxylic acids is 4. The first-order valence-electron chi connectivity index (χ1n) is 9.10. The van der Waals surface area contributed by atoms with Crippen LogP contribution in [0.3, 0.4) is 0 Å². The van der Waals surface area contributed by atoms with Gasteiger partial charge in [0.05, 0.1) is 28.6 Å². The van der Waals surface area contributed by atoms with Crippen LogP contribution in [0.15, 0.2) is 34.8 Å². The second-order valence-corrected chi connectivity index (χ2v) is 8.11. The maximum atomic E-state index is 13.4. The molecule has 0 saturated carbocycles. The fraction of sp³-hybridized carbons (Fsp3) is 0.368. The van der Waals surface area contributed by atoms with Crippen LogP contribution in [0, 0.1) is 22.0 Å². The van der Waals surface area contributed by atoms with Crippen LogP contribution in [0.25, 0.3) is 0 Å². The highest BCUT2D eigenvalue weighted by Crippen LogP contribution is 2.55. The zero-order valence-corrected chi connectivity index (χ0v) is 17.7. The number of nitro groups is 1. The number of ether oxygens (including phenoxy) is 3. The molecule has 2 saturated heterocycles. The minimum absolute atomic E-state index is 0.126. The Balaban J connectivity index is 1.75. The number of benzene rings is 1. The van der Waals surface area contributed by atoms with Gasteiger partial charge in [-0.2, -0.15) is 0 Å². The lowest BCUT2D eigenvalue weighted by molar-refractivity contribution is -0.384. The van der Waals surface area contributed by atoms with E-state index >= 15 is 0 Å². The SMILES string of the molecule is CC(=O)OC(OC(C)=O)[C@@]12C=C[C@@H](O1)[C@@H]1C(=O)N(c3ccc([N+](=O)[O-])cc3Br)C(=O)[C@H]12. The number of fused-ring (bicyclic) bond motifs is 5. The molecule has 11 nitrogen and oxygen atoms in total. The molecule has 12 heteroatoms. The van der Waals surface area contributed by atoms with E-state index in [0.29, 0.717) is 0 Å². The van der Waals surface area contributed by atoms with E-state index in [-0.39, 0.29) is 15.8 Å². The highest BCUT2D eigenvalue weighted by Gasteiger charge is 2.72. The Morgan fingerprint density at radius 1 is 1.23 bits per heavy atom. The lowest BCUT2D eigenvalue weighted by Gasteiger charge is -2.34. The molecule has 1 aromatic rings. The van der Waals surface area contributed by atoms with Crippen molar-refractivity contribution in [1.82, 2.24) is 0 Å². The van der Waals surface area contributed by atoms with E-state index in [0.717, 1.165) is 18.7 Å². The summed E-state index contributed by atoms with van der Waals surface area (Å²) in [7, 11) is 0. The van der Waals surface area contributed by atoms with Gasteiger partial charge in [0, 0.05) is 30.5 Å². The number of rotatable bonds is 5. The van der Waals surface area contributed by atoms with Gasteiger partial charge in [0.2, 0.25) is 11.8 Å². The maximum Gasteiger partial charge on any atom is 0.305 e. The van der Waals surface area contributed by atoms with E-state index in [1.807, 2.05) is 0 Å². The first kappa shape index (κ1) is 21.1. The van der Waals surface area contributed by atoms with Crippen LogP contribution in [0.4, 0.5) is 11.4 Å². The number of esters is 2. The Morgan fingerprint density at radius 3 is 2.42 bits per heavy atom. The monoisotopic (exact) mass is 494 g/mol. The van der Waals surface area contributed by atoms with Gasteiger partial charge in [0.1, 0.15) is 0 Å². The Kier molecular flexibility index (Phi) is 4.93. The van der Waals surface area contributed by atoms with Gasteiger partial charge in [-0.1, -0.05) is 6.08 Å². The molecule has 4 atom stereocenters. The van der Waals surface area contributed by atoms with Crippen molar-refractivity contribution >= 4 is 51.1 Å². The number of halogens is 1. The van der Waals surface area contributed by atoms with Gasteiger partial charge in [0.25, 0.3) is 12.0 Å². The van der Waals surface area contributed by atoms with Crippen molar-refractivity contribution < 1.29 is 38.3 Å². The van der Waals surface area contributed by atoms with E-state index in [1.54, 1.807) is 6.08 Å². The first-order chi connectivity index (χ1) is 14.6. The Hall–Kier alpha value is -3.12. The average molecular weight is 495 g/mol. The minimum atomic E-state index is -1.67. The van der Waals surface area contributed by atoms with Gasteiger partial charge in [-0.15, -0.1) is 0 Å². The van der Waals surface area contributed by atoms with Crippen LogP contribution in [-0.4, -0.2) is 46.7 Å². The zero-order chi connectivity index (χ0) is 22.7. The highest BCUT2D eigenvalue weighted by atomic mass is 79.9. The summed E-state index contributed by atoms with van der Waals surface area (Å²) in [6.45, 7) is 2.22. The average Bonchev–Trinajstić information content (AvgIpc) is 3.32. The number of nitro benzene ring substituents is 1. The van der Waals surface area contributed by atoms with E-state index < -0.39 is 58.5 Å². The number of hydrogen-bond acceptors (Lipinski definition) is 9. The number of amides is 2. The molecule has 2 amide bonds. The molecule has 1 aromatic carbocycles. The lowest BCUT2D eigenvalue weighted by Crippen LogP contribution is -2.52. The van der Waals surface area contributed by atoms with Crippen LogP contribution in [-0.2, 0) is 33.4 Å². The fourth-order valence-electron chi connectivity index (χ4n) is 4.24. The number of non-ortho nitro benzene ring substituents is 1. The smallest absolute Gasteiger partial charge is 0.305 e. The molecule has 2 bridgehead atoms. The maximum absolute atomic E-state index is 13.4. The first-order valence-corrected chi connectivity index (χ1v) is 9.89. The number of nitrogens with zero attached hydrogens (tertiary/aromatic N) is 2. The van der Waals surface area contributed by atoms with Gasteiger partial charge in [0.15, 0.2) is 5.60 Å². The van der Waals surface area contributed by atoms with Crippen LogP contribution in [0.5, 0.6) is 0 Å². The van der Waals surface area contributed by atoms with Gasteiger partial charge < -0.3 is 14.2 Å². The normalized spacial score (nSPS) is 28.3. The van der Waals surface area contributed by atoms with Crippen LogP contribution in [0.2, 0.25) is 0 Å². The van der Waals surface area contributed by atoms with Crippen LogP contribution < -0.4 is 4.90 Å². The predicted molar refractivity (Wildman–Crippen MR) is 104 cm³/mol. The van der Waals surface area contributed by atoms with Gasteiger partial charge in [-0.05, 0) is 28.1 Å². The number of carbonyl (C=O) groups is 4. The van der Waals surface area contributed by atoms with Crippen molar-refractivity contribution in [3.8, 4) is 0 Å². The molecule has 0 N–H and O–H groups in total. The summed E-state index contributed by atoms with van der Waals surface area (Å²) in [4.78, 5) is 61.1. The molecule has 0 spiro atoms. The summed E-state index contributed by atoms with van der Waals surface area (Å²) in [5, 5.41) is 11.0. The van der Waals surface area contributed by atoms with Crippen molar-refractivity contribution in [3.63, 3.8) is 0 Å².